The zero-order chi connectivity index (χ0) is 20.5. The molecular formula is C17H9F6NO2S. The summed E-state index contributed by atoms with van der Waals surface area (Å²) in [4.78, 5) is -1.30. The van der Waals surface area contributed by atoms with Crippen LogP contribution in [0.1, 0.15) is 16.7 Å². The van der Waals surface area contributed by atoms with Crippen molar-refractivity contribution >= 4 is 15.9 Å². The number of allylic oxidation sites excluding steroid dienone is 1. The summed E-state index contributed by atoms with van der Waals surface area (Å²) >= 11 is 0. The van der Waals surface area contributed by atoms with Gasteiger partial charge >= 0.3 is 12.4 Å². The van der Waals surface area contributed by atoms with E-state index in [9.17, 15) is 34.8 Å². The highest BCUT2D eigenvalue weighted by molar-refractivity contribution is 7.95. The zero-order valence-corrected chi connectivity index (χ0v) is 14.0. The van der Waals surface area contributed by atoms with Gasteiger partial charge < -0.3 is 0 Å². The Morgan fingerprint density at radius 1 is 0.889 bits per heavy atom. The smallest absolute Gasteiger partial charge is 0.218 e. The van der Waals surface area contributed by atoms with E-state index in [1.165, 1.54) is 24.3 Å². The lowest BCUT2D eigenvalue weighted by Gasteiger charge is -2.13. The van der Waals surface area contributed by atoms with Crippen LogP contribution in [-0.4, -0.2) is 8.42 Å². The number of hydrogen-bond acceptors (Lipinski definition) is 3. The Hall–Kier alpha value is -2.80. The van der Waals surface area contributed by atoms with Crippen LogP contribution in [-0.2, 0) is 22.2 Å². The molecule has 0 heterocycles. The molecule has 0 radical (unpaired) electrons. The van der Waals surface area contributed by atoms with Crippen molar-refractivity contribution in [3.8, 4) is 6.07 Å². The molecule has 0 atom stereocenters. The highest BCUT2D eigenvalue weighted by Crippen LogP contribution is 2.37. The SMILES string of the molecule is N#CC(=Cc1cc(C(F)(F)F)cc(C(F)(F)F)c1)S(=O)(=O)c1ccccc1. The van der Waals surface area contributed by atoms with Crippen LogP contribution in [0.5, 0.6) is 0 Å². The summed E-state index contributed by atoms with van der Waals surface area (Å²) in [5.74, 6) is 0. The van der Waals surface area contributed by atoms with E-state index in [4.69, 9.17) is 5.26 Å². The fourth-order valence-electron chi connectivity index (χ4n) is 2.11. The molecule has 0 bridgehead atoms. The Kier molecular flexibility index (Phi) is 5.37. The average molecular weight is 405 g/mol. The molecular weight excluding hydrogens is 396 g/mol. The Morgan fingerprint density at radius 3 is 1.78 bits per heavy atom. The largest absolute Gasteiger partial charge is 0.416 e. The van der Waals surface area contributed by atoms with E-state index in [-0.39, 0.29) is 11.0 Å². The van der Waals surface area contributed by atoms with Gasteiger partial charge in [0.1, 0.15) is 11.0 Å². The second kappa shape index (κ2) is 7.08. The molecule has 2 aromatic carbocycles. The van der Waals surface area contributed by atoms with Crippen molar-refractivity contribution in [3.05, 3.63) is 70.1 Å². The highest BCUT2D eigenvalue weighted by atomic mass is 32.2. The molecule has 0 amide bonds. The maximum absolute atomic E-state index is 12.9. The van der Waals surface area contributed by atoms with Crippen LogP contribution >= 0.6 is 0 Å². The number of hydrogen-bond donors (Lipinski definition) is 0. The third-order valence-corrected chi connectivity index (χ3v) is 5.04. The summed E-state index contributed by atoms with van der Waals surface area (Å²) in [6.07, 6.45) is -9.70. The Morgan fingerprint density at radius 2 is 1.37 bits per heavy atom. The highest BCUT2D eigenvalue weighted by Gasteiger charge is 2.37. The summed E-state index contributed by atoms with van der Waals surface area (Å²) in [6.45, 7) is 0. The third-order valence-electron chi connectivity index (χ3n) is 3.36. The van der Waals surface area contributed by atoms with E-state index in [1.54, 1.807) is 0 Å². The number of nitrogens with zero attached hydrogens (tertiary/aromatic N) is 1. The van der Waals surface area contributed by atoms with Crippen LogP contribution in [0.3, 0.4) is 0 Å². The molecule has 142 valence electrons. The molecule has 0 spiro atoms. The lowest BCUT2D eigenvalue weighted by atomic mass is 10.0. The molecule has 0 aliphatic heterocycles. The van der Waals surface area contributed by atoms with Crippen molar-refractivity contribution in [3.63, 3.8) is 0 Å². The Balaban J connectivity index is 2.67. The van der Waals surface area contributed by atoms with Crippen LogP contribution in [0.25, 0.3) is 6.08 Å². The summed E-state index contributed by atoms with van der Waals surface area (Å²) in [5, 5.41) is 9.10. The van der Waals surface area contributed by atoms with Gasteiger partial charge in [-0.25, -0.2) is 8.42 Å². The van der Waals surface area contributed by atoms with Crippen LogP contribution < -0.4 is 0 Å². The quantitative estimate of drug-likeness (QED) is 0.530. The fraction of sp³-hybridized carbons (Fsp3) is 0.118. The third kappa shape index (κ3) is 4.68. The van der Waals surface area contributed by atoms with E-state index < -0.39 is 43.8 Å². The van der Waals surface area contributed by atoms with Gasteiger partial charge in [0.15, 0.2) is 0 Å². The van der Waals surface area contributed by atoms with E-state index in [0.29, 0.717) is 18.2 Å². The van der Waals surface area contributed by atoms with Crippen LogP contribution in [0.4, 0.5) is 26.3 Å². The summed E-state index contributed by atoms with van der Waals surface area (Å²) in [7, 11) is -4.41. The van der Waals surface area contributed by atoms with Crippen LogP contribution in [0, 0.1) is 11.3 Å². The normalized spacial score (nSPS) is 13.3. The Bertz CT molecular complexity index is 984. The lowest BCUT2D eigenvalue weighted by Crippen LogP contribution is -2.11. The molecule has 0 unspecified atom stereocenters. The first-order chi connectivity index (χ1) is 12.4. The summed E-state index contributed by atoms with van der Waals surface area (Å²) < 4.78 is 102. The minimum atomic E-state index is -5.09. The average Bonchev–Trinajstić information content (AvgIpc) is 2.58. The number of nitriles is 1. The number of benzene rings is 2. The molecule has 2 aromatic rings. The van der Waals surface area contributed by atoms with E-state index >= 15 is 0 Å². The first-order valence-corrected chi connectivity index (χ1v) is 8.55. The van der Waals surface area contributed by atoms with Gasteiger partial charge in [-0.3, -0.25) is 0 Å². The molecule has 0 aliphatic rings. The van der Waals surface area contributed by atoms with Gasteiger partial charge in [-0.2, -0.15) is 31.6 Å². The predicted molar refractivity (Wildman–Crippen MR) is 83.7 cm³/mol. The summed E-state index contributed by atoms with van der Waals surface area (Å²) in [6, 6.07) is 8.41. The molecule has 0 saturated heterocycles. The van der Waals surface area contributed by atoms with Crippen LogP contribution in [0.15, 0.2) is 58.3 Å². The van der Waals surface area contributed by atoms with E-state index in [1.807, 2.05) is 0 Å². The zero-order valence-electron chi connectivity index (χ0n) is 13.1. The molecule has 27 heavy (non-hydrogen) atoms. The van der Waals surface area contributed by atoms with Crippen molar-refractivity contribution in [2.24, 2.45) is 0 Å². The van der Waals surface area contributed by atoms with Crippen molar-refractivity contribution in [1.82, 2.24) is 0 Å². The minimum absolute atomic E-state index is 0.0882. The maximum atomic E-state index is 12.9. The molecule has 2 rings (SSSR count). The number of halogens is 6. The standard InChI is InChI=1S/C17H9F6NO2S/c18-16(19,20)12-6-11(7-13(9-12)17(21,22)23)8-15(10-24)27(25,26)14-4-2-1-3-5-14/h1-9H. The van der Waals surface area contributed by atoms with Crippen molar-refractivity contribution in [1.29, 1.82) is 5.26 Å². The Labute approximate surface area is 150 Å². The van der Waals surface area contributed by atoms with Gasteiger partial charge in [0, 0.05) is 0 Å². The van der Waals surface area contributed by atoms with Crippen LogP contribution in [0.2, 0.25) is 0 Å². The second-order valence-corrected chi connectivity index (χ2v) is 7.19. The minimum Gasteiger partial charge on any atom is -0.218 e. The van der Waals surface area contributed by atoms with Crippen molar-refractivity contribution < 1.29 is 34.8 Å². The second-order valence-electron chi connectivity index (χ2n) is 5.28. The lowest BCUT2D eigenvalue weighted by molar-refractivity contribution is -0.143. The molecule has 0 aliphatic carbocycles. The first kappa shape index (κ1) is 20.5. The van der Waals surface area contributed by atoms with Gasteiger partial charge in [-0.1, -0.05) is 18.2 Å². The van der Waals surface area contributed by atoms with Crippen molar-refractivity contribution in [2.75, 3.05) is 0 Å². The fourth-order valence-corrected chi connectivity index (χ4v) is 3.29. The topological polar surface area (TPSA) is 57.9 Å². The van der Waals surface area contributed by atoms with Gasteiger partial charge in [0.2, 0.25) is 9.84 Å². The van der Waals surface area contributed by atoms with E-state index in [2.05, 4.69) is 0 Å². The van der Waals surface area contributed by atoms with Gasteiger partial charge in [-0.15, -0.1) is 0 Å². The number of sulfone groups is 1. The van der Waals surface area contributed by atoms with Gasteiger partial charge in [0.05, 0.1) is 16.0 Å². The molecule has 0 aromatic heterocycles. The predicted octanol–water partition coefficient (Wildman–Crippen LogP) is 5.06. The first-order valence-electron chi connectivity index (χ1n) is 7.07. The molecule has 3 nitrogen and oxygen atoms in total. The molecule has 0 N–H and O–H groups in total. The molecule has 0 fully saturated rings. The summed E-state index contributed by atoms with van der Waals surface area (Å²) in [5.41, 5.74) is -3.94. The van der Waals surface area contributed by atoms with Gasteiger partial charge in [-0.05, 0) is 42.0 Å². The molecule has 10 heteroatoms. The van der Waals surface area contributed by atoms with Crippen molar-refractivity contribution in [2.45, 2.75) is 17.2 Å². The van der Waals surface area contributed by atoms with Gasteiger partial charge in [0.25, 0.3) is 0 Å². The maximum Gasteiger partial charge on any atom is 0.416 e. The monoisotopic (exact) mass is 405 g/mol. The molecule has 0 saturated carbocycles. The number of rotatable bonds is 3. The van der Waals surface area contributed by atoms with E-state index in [0.717, 1.165) is 12.1 Å². The number of alkyl halides is 6.